The lowest BCUT2D eigenvalue weighted by atomic mass is 10.2. The van der Waals surface area contributed by atoms with Crippen LogP contribution in [0.3, 0.4) is 0 Å². The molecule has 1 fully saturated rings. The molecule has 5 heterocycles. The van der Waals surface area contributed by atoms with Crippen LogP contribution in [0, 0.1) is 5.95 Å². The number of piperazine rings is 1. The summed E-state index contributed by atoms with van der Waals surface area (Å²) in [6.07, 6.45) is 9.58. The Kier molecular flexibility index (Phi) is 6.94. The summed E-state index contributed by atoms with van der Waals surface area (Å²) in [5.74, 6) is -0.502. The predicted octanol–water partition coefficient (Wildman–Crippen LogP) is 1.80. The molecule has 0 unspecified atom stereocenters. The van der Waals surface area contributed by atoms with Crippen LogP contribution in [0.2, 0.25) is 0 Å². The van der Waals surface area contributed by atoms with E-state index in [0.29, 0.717) is 37.9 Å². The number of rotatable bonds is 7. The Morgan fingerprint density at radius 2 is 1.95 bits per heavy atom. The number of halogens is 1. The molecule has 1 amide bonds. The summed E-state index contributed by atoms with van der Waals surface area (Å²) in [7, 11) is 3.43. The molecule has 5 rings (SSSR count). The van der Waals surface area contributed by atoms with Gasteiger partial charge in [-0.2, -0.15) is 14.5 Å². The van der Waals surface area contributed by atoms with Crippen molar-refractivity contribution in [3.63, 3.8) is 0 Å². The van der Waals surface area contributed by atoms with E-state index in [1.54, 1.807) is 48.6 Å². The minimum Gasteiger partial charge on any atom is -0.382 e. The number of nitrogens with one attached hydrogen (secondary N) is 1. The average Bonchev–Trinajstić information content (AvgIpc) is 3.37. The minimum atomic E-state index is -0.824. The topological polar surface area (TPSA) is 127 Å². The van der Waals surface area contributed by atoms with Crippen LogP contribution >= 0.6 is 0 Å². The molecule has 0 aromatic carbocycles. The number of aromatic nitrogens is 7. The van der Waals surface area contributed by atoms with Crippen molar-refractivity contribution in [2.45, 2.75) is 6.04 Å². The van der Waals surface area contributed by atoms with E-state index in [4.69, 9.17) is 4.74 Å². The average molecular weight is 505 g/mol. The van der Waals surface area contributed by atoms with Gasteiger partial charge in [-0.25, -0.2) is 15.0 Å². The molecule has 13 heteroatoms. The van der Waals surface area contributed by atoms with Gasteiger partial charge in [-0.05, 0) is 18.2 Å². The third kappa shape index (κ3) is 5.35. The van der Waals surface area contributed by atoms with Crippen molar-refractivity contribution in [3.05, 3.63) is 66.9 Å². The zero-order chi connectivity index (χ0) is 25.8. The summed E-state index contributed by atoms with van der Waals surface area (Å²) in [5.41, 5.74) is 1.66. The lowest BCUT2D eigenvalue weighted by molar-refractivity contribution is 0.102. The first-order valence-electron chi connectivity index (χ1n) is 11.6. The molecule has 12 nitrogen and oxygen atoms in total. The van der Waals surface area contributed by atoms with Gasteiger partial charge in [0.05, 0.1) is 36.3 Å². The van der Waals surface area contributed by atoms with Crippen LogP contribution in [0.15, 0.2) is 55.4 Å². The van der Waals surface area contributed by atoms with Crippen molar-refractivity contribution < 1.29 is 13.9 Å². The highest BCUT2D eigenvalue weighted by Gasteiger charge is 2.30. The number of ether oxygens (including phenoxy) is 1. The highest BCUT2D eigenvalue weighted by molar-refractivity contribution is 6.04. The quantitative estimate of drug-likeness (QED) is 0.372. The fourth-order valence-electron chi connectivity index (χ4n) is 4.11. The number of carbonyl (C=O) groups is 1. The molecule has 0 aliphatic carbocycles. The summed E-state index contributed by atoms with van der Waals surface area (Å²) < 4.78 is 21.9. The van der Waals surface area contributed by atoms with Crippen molar-refractivity contribution in [1.82, 2.24) is 34.7 Å². The van der Waals surface area contributed by atoms with Crippen LogP contribution in [0.5, 0.6) is 0 Å². The number of hydrogen-bond donors (Lipinski definition) is 1. The first-order valence-corrected chi connectivity index (χ1v) is 11.6. The first kappa shape index (κ1) is 24.2. The molecule has 37 heavy (non-hydrogen) atoms. The lowest BCUT2D eigenvalue weighted by Crippen LogP contribution is -2.56. The summed E-state index contributed by atoms with van der Waals surface area (Å²) in [5, 5.41) is 6.63. The molecule has 1 atom stereocenters. The first-order chi connectivity index (χ1) is 18.0. The van der Waals surface area contributed by atoms with Gasteiger partial charge in [0.2, 0.25) is 17.8 Å². The maximum Gasteiger partial charge on any atom is 0.257 e. The van der Waals surface area contributed by atoms with Crippen molar-refractivity contribution in [3.8, 4) is 11.3 Å². The van der Waals surface area contributed by atoms with E-state index in [1.807, 2.05) is 18.1 Å². The molecule has 1 N–H and O–H groups in total. The lowest BCUT2D eigenvalue weighted by Gasteiger charge is -2.41. The second kappa shape index (κ2) is 10.6. The van der Waals surface area contributed by atoms with Gasteiger partial charge in [-0.3, -0.25) is 14.5 Å². The van der Waals surface area contributed by atoms with Crippen molar-refractivity contribution >= 4 is 23.5 Å². The molecule has 4 aromatic rings. The number of amides is 1. The van der Waals surface area contributed by atoms with Crippen LogP contribution in [0.4, 0.5) is 22.0 Å². The predicted molar refractivity (Wildman–Crippen MR) is 134 cm³/mol. The van der Waals surface area contributed by atoms with E-state index in [-0.39, 0.29) is 23.2 Å². The van der Waals surface area contributed by atoms with Gasteiger partial charge in [-0.1, -0.05) is 0 Å². The largest absolute Gasteiger partial charge is 0.382 e. The van der Waals surface area contributed by atoms with E-state index < -0.39 is 11.9 Å². The third-order valence-electron chi connectivity index (χ3n) is 5.94. The number of nitrogens with zero attached hydrogens (tertiary/aromatic N) is 9. The SMILES string of the molecule is COC[C@H]1CN(c2ncc(NC(=O)c3ccc(-c4cnn(C)c4)nc3)c(F)n2)CCN1c1ncccn1. The van der Waals surface area contributed by atoms with Gasteiger partial charge in [0.1, 0.15) is 5.69 Å². The van der Waals surface area contributed by atoms with Crippen molar-refractivity contribution in [1.29, 1.82) is 0 Å². The van der Waals surface area contributed by atoms with Crippen LogP contribution in [0.25, 0.3) is 11.3 Å². The number of hydrogen-bond acceptors (Lipinski definition) is 10. The summed E-state index contributed by atoms with van der Waals surface area (Å²) in [6, 6.07) is 5.01. The minimum absolute atomic E-state index is 0.0747. The number of anilines is 3. The molecule has 0 bridgehead atoms. The number of methoxy groups -OCH3 is 1. The molecular formula is C24H25FN10O2. The second-order valence-electron chi connectivity index (χ2n) is 8.46. The Balaban J connectivity index is 1.25. The van der Waals surface area contributed by atoms with E-state index in [1.165, 1.54) is 12.4 Å². The van der Waals surface area contributed by atoms with E-state index in [2.05, 4.69) is 40.2 Å². The standard InChI is InChI=1S/C24H25FN10O2/c1-33-13-17(11-30-33)19-5-4-16(10-28-19)22(36)31-20-12-29-24(32-21(20)25)34-8-9-35(18(14-34)15-37-2)23-26-6-3-7-27-23/h3-7,10-13,18H,8-9,14-15H2,1-2H3,(H,31,36)/t18-/m1/s1. The van der Waals surface area contributed by atoms with Gasteiger partial charge >= 0.3 is 0 Å². The normalized spacial score (nSPS) is 15.6. The van der Waals surface area contributed by atoms with Crippen LogP contribution in [-0.4, -0.2) is 80.0 Å². The van der Waals surface area contributed by atoms with E-state index in [0.717, 1.165) is 5.56 Å². The number of pyridine rings is 1. The number of aryl methyl sites for hydroxylation is 1. The van der Waals surface area contributed by atoms with Gasteiger partial charge < -0.3 is 19.9 Å². The third-order valence-corrected chi connectivity index (χ3v) is 5.94. The van der Waals surface area contributed by atoms with Crippen LogP contribution < -0.4 is 15.1 Å². The highest BCUT2D eigenvalue weighted by atomic mass is 19.1. The van der Waals surface area contributed by atoms with Gasteiger partial charge in [0, 0.05) is 64.1 Å². The molecule has 1 aliphatic heterocycles. The Hall–Kier alpha value is -4.52. The zero-order valence-corrected chi connectivity index (χ0v) is 20.3. The van der Waals surface area contributed by atoms with E-state index in [9.17, 15) is 9.18 Å². The van der Waals surface area contributed by atoms with Crippen LogP contribution in [0.1, 0.15) is 10.4 Å². The maximum absolute atomic E-state index is 14.9. The zero-order valence-electron chi connectivity index (χ0n) is 20.3. The molecule has 4 aromatic heterocycles. The van der Waals surface area contributed by atoms with Gasteiger partial charge in [-0.15, -0.1) is 0 Å². The van der Waals surface area contributed by atoms with Crippen molar-refractivity contribution in [2.24, 2.45) is 7.05 Å². The fraction of sp³-hybridized carbons (Fsp3) is 0.292. The molecule has 1 aliphatic rings. The molecule has 0 spiro atoms. The Labute approximate surface area is 212 Å². The number of carbonyl (C=O) groups excluding carboxylic acids is 1. The fourth-order valence-corrected chi connectivity index (χ4v) is 4.11. The molecule has 0 saturated carbocycles. The molecule has 1 saturated heterocycles. The smallest absolute Gasteiger partial charge is 0.257 e. The second-order valence-corrected chi connectivity index (χ2v) is 8.46. The van der Waals surface area contributed by atoms with Gasteiger partial charge in [0.15, 0.2) is 0 Å². The molecule has 0 radical (unpaired) electrons. The summed E-state index contributed by atoms with van der Waals surface area (Å²) in [6.45, 7) is 2.05. The Bertz CT molecular complexity index is 1370. The summed E-state index contributed by atoms with van der Waals surface area (Å²) in [4.78, 5) is 37.9. The van der Waals surface area contributed by atoms with Crippen molar-refractivity contribution in [2.75, 3.05) is 48.5 Å². The summed E-state index contributed by atoms with van der Waals surface area (Å²) >= 11 is 0. The molecular weight excluding hydrogens is 479 g/mol. The maximum atomic E-state index is 14.9. The highest BCUT2D eigenvalue weighted by Crippen LogP contribution is 2.22. The Morgan fingerprint density at radius 3 is 2.62 bits per heavy atom. The van der Waals surface area contributed by atoms with E-state index >= 15 is 0 Å². The Morgan fingerprint density at radius 1 is 1.11 bits per heavy atom. The molecule has 190 valence electrons. The van der Waals surface area contributed by atoms with Gasteiger partial charge in [0.25, 0.3) is 5.91 Å². The van der Waals surface area contributed by atoms with Crippen LogP contribution in [-0.2, 0) is 11.8 Å². The monoisotopic (exact) mass is 504 g/mol.